The van der Waals surface area contributed by atoms with E-state index >= 15 is 0 Å². The van der Waals surface area contributed by atoms with Gasteiger partial charge in [0.2, 0.25) is 0 Å². The van der Waals surface area contributed by atoms with Crippen molar-refractivity contribution in [3.05, 3.63) is 59.7 Å². The van der Waals surface area contributed by atoms with Crippen LogP contribution >= 0.6 is 0 Å². The SMILES string of the molecule is FC(F)(F)C[c-]1cccc1.FC(F)(F)C[c-]1cccc1.[Cl-].[Cl-].[Ti+4]. The fraction of sp³-hybridized carbons (Fsp3) is 0.286. The van der Waals surface area contributed by atoms with E-state index in [9.17, 15) is 26.3 Å². The zero-order valence-corrected chi connectivity index (χ0v) is 14.6. The molecule has 0 saturated heterocycles. The van der Waals surface area contributed by atoms with Gasteiger partial charge in [-0.05, 0) is 0 Å². The van der Waals surface area contributed by atoms with E-state index in [0.29, 0.717) is 11.1 Å². The van der Waals surface area contributed by atoms with Crippen LogP contribution in [0.4, 0.5) is 26.3 Å². The Kier molecular flexibility index (Phi) is 14.3. The molecule has 23 heavy (non-hydrogen) atoms. The van der Waals surface area contributed by atoms with E-state index in [0.717, 1.165) is 0 Å². The Bertz CT molecular complexity index is 428. The largest absolute Gasteiger partial charge is 4.00 e. The van der Waals surface area contributed by atoms with Gasteiger partial charge >= 0.3 is 34.1 Å². The molecular formula is C14H12Cl2F6Ti. The summed E-state index contributed by atoms with van der Waals surface area (Å²) in [5.74, 6) is 0. The van der Waals surface area contributed by atoms with Crippen LogP contribution in [0.3, 0.4) is 0 Å². The predicted octanol–water partition coefficient (Wildman–Crippen LogP) is -0.974. The molecule has 0 N–H and O–H groups in total. The van der Waals surface area contributed by atoms with E-state index in [4.69, 9.17) is 0 Å². The second-order valence-corrected chi connectivity index (χ2v) is 4.17. The van der Waals surface area contributed by atoms with Gasteiger partial charge in [0.05, 0.1) is 0 Å². The van der Waals surface area contributed by atoms with Gasteiger partial charge in [-0.1, -0.05) is 0 Å². The van der Waals surface area contributed by atoms with Gasteiger partial charge in [-0.15, -0.1) is 11.1 Å². The third-order valence-corrected chi connectivity index (χ3v) is 2.27. The second kappa shape index (κ2) is 12.0. The van der Waals surface area contributed by atoms with Gasteiger partial charge in [0, 0.05) is 12.8 Å². The van der Waals surface area contributed by atoms with Crippen molar-refractivity contribution >= 4 is 0 Å². The van der Waals surface area contributed by atoms with Crippen LogP contribution in [0.5, 0.6) is 0 Å². The minimum Gasteiger partial charge on any atom is -1.00 e. The van der Waals surface area contributed by atoms with Gasteiger partial charge in [-0.3, -0.25) is 0 Å². The topological polar surface area (TPSA) is 0 Å². The van der Waals surface area contributed by atoms with Crippen molar-refractivity contribution in [3.8, 4) is 0 Å². The fourth-order valence-corrected chi connectivity index (χ4v) is 1.53. The summed E-state index contributed by atoms with van der Waals surface area (Å²) >= 11 is 0. The normalized spacial score (nSPS) is 10.3. The summed E-state index contributed by atoms with van der Waals surface area (Å²) in [6, 6.07) is 12.3. The van der Waals surface area contributed by atoms with E-state index in [1.807, 2.05) is 0 Å². The molecule has 9 heteroatoms. The Labute approximate surface area is 157 Å². The van der Waals surface area contributed by atoms with Gasteiger partial charge in [0.1, 0.15) is 0 Å². The van der Waals surface area contributed by atoms with E-state index in [-0.39, 0.29) is 46.5 Å². The number of halogens is 8. The van der Waals surface area contributed by atoms with Crippen LogP contribution in [-0.4, -0.2) is 12.4 Å². The number of rotatable bonds is 2. The maximum Gasteiger partial charge on any atom is 4.00 e. The Morgan fingerprint density at radius 1 is 0.565 bits per heavy atom. The van der Waals surface area contributed by atoms with Gasteiger partial charge in [0.25, 0.3) is 0 Å². The second-order valence-electron chi connectivity index (χ2n) is 4.17. The Hall–Kier alpha value is -0.426. The summed E-state index contributed by atoms with van der Waals surface area (Å²) in [6.45, 7) is 0. The van der Waals surface area contributed by atoms with Gasteiger partial charge in [-0.25, -0.2) is 24.3 Å². The molecule has 0 aromatic heterocycles. The molecule has 0 heterocycles. The molecular weight excluding hydrogens is 401 g/mol. The summed E-state index contributed by atoms with van der Waals surface area (Å²) in [5, 5.41) is 0. The monoisotopic (exact) mass is 412 g/mol. The maximum absolute atomic E-state index is 11.6. The van der Waals surface area contributed by atoms with Crippen LogP contribution in [0.25, 0.3) is 0 Å². The molecule has 0 nitrogen and oxygen atoms in total. The first-order valence-electron chi connectivity index (χ1n) is 5.70. The third-order valence-electron chi connectivity index (χ3n) is 2.27. The van der Waals surface area contributed by atoms with Crippen LogP contribution in [0, 0.1) is 0 Å². The maximum atomic E-state index is 11.6. The van der Waals surface area contributed by atoms with Crippen LogP contribution in [-0.2, 0) is 34.6 Å². The van der Waals surface area contributed by atoms with Crippen LogP contribution in [0.2, 0.25) is 0 Å². The number of hydrogen-bond donors (Lipinski definition) is 0. The van der Waals surface area contributed by atoms with E-state index in [1.165, 1.54) is 24.3 Å². The summed E-state index contributed by atoms with van der Waals surface area (Å²) in [6.07, 6.45) is -9.79. The molecule has 0 atom stereocenters. The fourth-order valence-electron chi connectivity index (χ4n) is 1.53. The predicted molar refractivity (Wildman–Crippen MR) is 63.6 cm³/mol. The molecule has 2 aromatic rings. The zero-order valence-electron chi connectivity index (χ0n) is 11.6. The zero-order chi connectivity index (χ0) is 15.2. The van der Waals surface area contributed by atoms with Crippen molar-refractivity contribution < 1.29 is 72.9 Å². The minimum atomic E-state index is -4.08. The first kappa shape index (κ1) is 27.4. The molecule has 0 aliphatic carbocycles. The summed E-state index contributed by atoms with van der Waals surface area (Å²) in [7, 11) is 0. The first-order chi connectivity index (χ1) is 9.16. The summed E-state index contributed by atoms with van der Waals surface area (Å²) in [5.41, 5.74) is 0.653. The van der Waals surface area contributed by atoms with Crippen molar-refractivity contribution in [2.75, 3.05) is 0 Å². The quantitative estimate of drug-likeness (QED) is 0.338. The molecule has 0 amide bonds. The van der Waals surface area contributed by atoms with Crippen LogP contribution in [0.1, 0.15) is 11.1 Å². The van der Waals surface area contributed by atoms with E-state index in [1.54, 1.807) is 24.3 Å². The van der Waals surface area contributed by atoms with Crippen molar-refractivity contribution in [1.82, 2.24) is 0 Å². The Morgan fingerprint density at radius 2 is 0.783 bits per heavy atom. The molecule has 128 valence electrons. The molecule has 2 aromatic carbocycles. The van der Waals surface area contributed by atoms with E-state index in [2.05, 4.69) is 0 Å². The smallest absolute Gasteiger partial charge is 1.00 e. The van der Waals surface area contributed by atoms with Crippen molar-refractivity contribution in [3.63, 3.8) is 0 Å². The molecule has 0 aliphatic rings. The average molecular weight is 413 g/mol. The molecule has 0 bridgehead atoms. The van der Waals surface area contributed by atoms with E-state index < -0.39 is 25.2 Å². The van der Waals surface area contributed by atoms with Gasteiger partial charge < -0.3 is 24.8 Å². The number of alkyl halides is 6. The van der Waals surface area contributed by atoms with Crippen molar-refractivity contribution in [2.24, 2.45) is 0 Å². The average Bonchev–Trinajstić information content (AvgIpc) is 2.87. The Morgan fingerprint density at radius 3 is 0.957 bits per heavy atom. The molecule has 0 spiro atoms. The standard InChI is InChI=1S/2C7H6F3.2ClH.Ti/c2*8-7(9,10)5-6-3-1-2-4-6;;;/h2*1-4H,5H2;2*1H;/q2*-1;;;+4/p-2. The van der Waals surface area contributed by atoms with Crippen LogP contribution < -0.4 is 24.8 Å². The van der Waals surface area contributed by atoms with Gasteiger partial charge in [-0.2, -0.15) is 50.6 Å². The van der Waals surface area contributed by atoms with Crippen molar-refractivity contribution in [2.45, 2.75) is 25.2 Å². The van der Waals surface area contributed by atoms with Gasteiger partial charge in [0.15, 0.2) is 0 Å². The minimum absolute atomic E-state index is 0. The van der Waals surface area contributed by atoms with Crippen LogP contribution in [0.15, 0.2) is 48.5 Å². The summed E-state index contributed by atoms with van der Waals surface area (Å²) < 4.78 is 69.7. The Balaban J connectivity index is -0.000000308. The van der Waals surface area contributed by atoms with Crippen molar-refractivity contribution in [1.29, 1.82) is 0 Å². The molecule has 0 unspecified atom stereocenters. The molecule has 0 saturated carbocycles. The molecule has 2 rings (SSSR count). The first-order valence-corrected chi connectivity index (χ1v) is 5.70. The third kappa shape index (κ3) is 14.9. The summed E-state index contributed by atoms with van der Waals surface area (Å²) in [4.78, 5) is 0. The molecule has 0 aliphatic heterocycles. The number of hydrogen-bond acceptors (Lipinski definition) is 0. The molecule has 0 fully saturated rings. The molecule has 0 radical (unpaired) electrons.